The maximum Gasteiger partial charge on any atom is 0.322 e. The zero-order chi connectivity index (χ0) is 18.1. The number of hydrogen-bond acceptors (Lipinski definition) is 4. The maximum absolute atomic E-state index is 11.9. The average molecular weight is 335 g/mol. The smallest absolute Gasteiger partial charge is 0.322 e. The molecule has 0 fully saturated rings. The molecule has 0 radical (unpaired) electrons. The van der Waals surface area contributed by atoms with Gasteiger partial charge in [0.1, 0.15) is 18.2 Å². The van der Waals surface area contributed by atoms with Gasteiger partial charge >= 0.3 is 5.97 Å². The van der Waals surface area contributed by atoms with Gasteiger partial charge in [-0.25, -0.2) is 0 Å². The van der Waals surface area contributed by atoms with Gasteiger partial charge in [-0.05, 0) is 11.1 Å². The third kappa shape index (κ3) is 5.22. The van der Waals surface area contributed by atoms with Crippen LogP contribution in [0, 0.1) is 11.3 Å². The standard InChI is InChI=1S/C19H17N3O3/c20-11-16(19(25)22-13-17(23)24)12-21-18(14-7-3-1-4-8-14)15-9-5-2-6-10-15/h1-10,12,18,21H,13H2,(H,22,25)(H,23,24)/b16-12-. The highest BCUT2D eigenvalue weighted by Crippen LogP contribution is 2.21. The third-order valence-corrected chi connectivity index (χ3v) is 3.43. The number of benzene rings is 2. The van der Waals surface area contributed by atoms with Gasteiger partial charge in [0.15, 0.2) is 0 Å². The number of carboxylic acid groups (broad SMARTS) is 1. The Morgan fingerprint density at radius 2 is 1.56 bits per heavy atom. The van der Waals surface area contributed by atoms with Crippen LogP contribution in [0.15, 0.2) is 72.4 Å². The van der Waals surface area contributed by atoms with E-state index in [1.807, 2.05) is 60.7 Å². The van der Waals surface area contributed by atoms with Crippen LogP contribution in [0.25, 0.3) is 0 Å². The predicted octanol–water partition coefficient (Wildman–Crippen LogP) is 1.97. The molecule has 3 N–H and O–H groups in total. The van der Waals surface area contributed by atoms with Crippen LogP contribution in [0.4, 0.5) is 0 Å². The van der Waals surface area contributed by atoms with E-state index >= 15 is 0 Å². The van der Waals surface area contributed by atoms with Crippen LogP contribution in [0.5, 0.6) is 0 Å². The fourth-order valence-electron chi connectivity index (χ4n) is 2.24. The molecule has 6 nitrogen and oxygen atoms in total. The molecule has 1 amide bonds. The molecule has 6 heteroatoms. The van der Waals surface area contributed by atoms with Crippen molar-refractivity contribution >= 4 is 11.9 Å². The monoisotopic (exact) mass is 335 g/mol. The number of nitrogens with one attached hydrogen (secondary N) is 2. The van der Waals surface area contributed by atoms with E-state index in [0.29, 0.717) is 0 Å². The lowest BCUT2D eigenvalue weighted by Crippen LogP contribution is -2.31. The molecular weight excluding hydrogens is 318 g/mol. The first kappa shape index (κ1) is 17.8. The van der Waals surface area contributed by atoms with Crippen molar-refractivity contribution in [2.24, 2.45) is 0 Å². The number of nitrogens with zero attached hydrogens (tertiary/aromatic N) is 1. The van der Waals surface area contributed by atoms with Crippen LogP contribution in [-0.4, -0.2) is 23.5 Å². The molecule has 0 aliphatic heterocycles. The zero-order valence-corrected chi connectivity index (χ0v) is 13.3. The van der Waals surface area contributed by atoms with Crippen molar-refractivity contribution in [3.05, 3.63) is 83.6 Å². The Kier molecular flexibility index (Phi) is 6.32. The van der Waals surface area contributed by atoms with Crippen LogP contribution in [0.2, 0.25) is 0 Å². The molecule has 0 atom stereocenters. The van der Waals surface area contributed by atoms with Gasteiger partial charge in [0.25, 0.3) is 5.91 Å². The van der Waals surface area contributed by atoms with E-state index in [2.05, 4.69) is 10.6 Å². The Bertz CT molecular complexity index is 756. The molecule has 0 spiro atoms. The summed E-state index contributed by atoms with van der Waals surface area (Å²) >= 11 is 0. The van der Waals surface area contributed by atoms with Crippen molar-refractivity contribution < 1.29 is 14.7 Å². The van der Waals surface area contributed by atoms with E-state index in [1.165, 1.54) is 6.20 Å². The second kappa shape index (κ2) is 8.89. The Morgan fingerprint density at radius 3 is 2.00 bits per heavy atom. The minimum absolute atomic E-state index is 0.196. The Morgan fingerprint density at radius 1 is 1.04 bits per heavy atom. The summed E-state index contributed by atoms with van der Waals surface area (Å²) in [4.78, 5) is 22.4. The first-order valence-electron chi connectivity index (χ1n) is 7.58. The number of carboxylic acids is 1. The van der Waals surface area contributed by atoms with E-state index in [1.54, 1.807) is 6.07 Å². The molecule has 0 heterocycles. The van der Waals surface area contributed by atoms with Gasteiger partial charge in [-0.2, -0.15) is 5.26 Å². The van der Waals surface area contributed by atoms with E-state index in [0.717, 1.165) is 11.1 Å². The van der Waals surface area contributed by atoms with Crippen molar-refractivity contribution in [1.82, 2.24) is 10.6 Å². The SMILES string of the molecule is N#C/C(=C/NC(c1ccccc1)c1ccccc1)C(=O)NCC(=O)O. The highest BCUT2D eigenvalue weighted by atomic mass is 16.4. The average Bonchev–Trinajstić information content (AvgIpc) is 2.65. The van der Waals surface area contributed by atoms with Crippen LogP contribution in [0.3, 0.4) is 0 Å². The molecule has 0 saturated heterocycles. The second-order valence-electron chi connectivity index (χ2n) is 5.17. The normalized spacial score (nSPS) is 10.8. The van der Waals surface area contributed by atoms with E-state index < -0.39 is 18.4 Å². The summed E-state index contributed by atoms with van der Waals surface area (Å²) in [5, 5.41) is 23.0. The van der Waals surface area contributed by atoms with Crippen molar-refractivity contribution in [3.63, 3.8) is 0 Å². The minimum Gasteiger partial charge on any atom is -0.480 e. The second-order valence-corrected chi connectivity index (χ2v) is 5.17. The molecular formula is C19H17N3O3. The predicted molar refractivity (Wildman–Crippen MR) is 92.2 cm³/mol. The fourth-order valence-corrected chi connectivity index (χ4v) is 2.24. The molecule has 0 unspecified atom stereocenters. The van der Waals surface area contributed by atoms with Gasteiger partial charge in [0.05, 0.1) is 6.04 Å². The number of rotatable bonds is 7. The van der Waals surface area contributed by atoms with E-state index in [9.17, 15) is 9.59 Å². The van der Waals surface area contributed by atoms with Gasteiger partial charge in [-0.3, -0.25) is 9.59 Å². The number of hydrogen-bond donors (Lipinski definition) is 3. The summed E-state index contributed by atoms with van der Waals surface area (Å²) < 4.78 is 0. The summed E-state index contributed by atoms with van der Waals surface area (Å²) in [6.45, 7) is -0.543. The van der Waals surface area contributed by atoms with E-state index in [-0.39, 0.29) is 11.6 Å². The van der Waals surface area contributed by atoms with Gasteiger partial charge in [0, 0.05) is 6.20 Å². The fraction of sp³-hybridized carbons (Fsp3) is 0.105. The lowest BCUT2D eigenvalue weighted by molar-refractivity contribution is -0.137. The molecule has 0 aliphatic rings. The lowest BCUT2D eigenvalue weighted by Gasteiger charge is -2.18. The first-order chi connectivity index (χ1) is 12.1. The number of nitriles is 1. The summed E-state index contributed by atoms with van der Waals surface area (Å²) in [5.41, 5.74) is 1.74. The molecule has 0 aromatic heterocycles. The number of carbonyl (C=O) groups excluding carboxylic acids is 1. The molecule has 0 aliphatic carbocycles. The first-order valence-corrected chi connectivity index (χ1v) is 7.58. The molecule has 0 bridgehead atoms. The largest absolute Gasteiger partial charge is 0.480 e. The highest BCUT2D eigenvalue weighted by molar-refractivity contribution is 5.98. The van der Waals surface area contributed by atoms with Gasteiger partial charge in [0.2, 0.25) is 0 Å². The number of amides is 1. The Labute approximate surface area is 145 Å². The quantitative estimate of drug-likeness (QED) is 0.530. The minimum atomic E-state index is -1.18. The van der Waals surface area contributed by atoms with Crippen molar-refractivity contribution in [2.45, 2.75) is 6.04 Å². The molecule has 126 valence electrons. The van der Waals surface area contributed by atoms with Crippen LogP contribution in [-0.2, 0) is 9.59 Å². The van der Waals surface area contributed by atoms with Gasteiger partial charge < -0.3 is 15.7 Å². The molecule has 0 saturated carbocycles. The number of carbonyl (C=O) groups is 2. The third-order valence-electron chi connectivity index (χ3n) is 3.43. The number of aliphatic carboxylic acids is 1. The zero-order valence-electron chi connectivity index (χ0n) is 13.3. The summed E-state index contributed by atoms with van der Waals surface area (Å²) in [6, 6.07) is 20.7. The molecule has 2 rings (SSSR count). The summed E-state index contributed by atoms with van der Waals surface area (Å²) in [5.74, 6) is -1.91. The van der Waals surface area contributed by atoms with Gasteiger partial charge in [-0.15, -0.1) is 0 Å². The van der Waals surface area contributed by atoms with Crippen molar-refractivity contribution in [2.75, 3.05) is 6.54 Å². The van der Waals surface area contributed by atoms with Crippen molar-refractivity contribution in [3.8, 4) is 6.07 Å². The summed E-state index contributed by atoms with van der Waals surface area (Å²) in [6.07, 6.45) is 1.31. The topological polar surface area (TPSA) is 102 Å². The Balaban J connectivity index is 2.23. The lowest BCUT2D eigenvalue weighted by atomic mass is 9.99. The molecule has 2 aromatic rings. The van der Waals surface area contributed by atoms with Crippen LogP contribution >= 0.6 is 0 Å². The van der Waals surface area contributed by atoms with E-state index in [4.69, 9.17) is 10.4 Å². The van der Waals surface area contributed by atoms with Crippen LogP contribution < -0.4 is 10.6 Å². The Hall–Kier alpha value is -3.59. The van der Waals surface area contributed by atoms with Crippen LogP contribution in [0.1, 0.15) is 17.2 Å². The summed E-state index contributed by atoms with van der Waals surface area (Å²) in [7, 11) is 0. The maximum atomic E-state index is 11.9. The molecule has 25 heavy (non-hydrogen) atoms. The highest BCUT2D eigenvalue weighted by Gasteiger charge is 2.14. The van der Waals surface area contributed by atoms with Gasteiger partial charge in [-0.1, -0.05) is 60.7 Å². The van der Waals surface area contributed by atoms with Crippen molar-refractivity contribution in [1.29, 1.82) is 5.26 Å². The molecule has 2 aromatic carbocycles.